The van der Waals surface area contributed by atoms with Crippen LogP contribution in [-0.4, -0.2) is 76.7 Å². The van der Waals surface area contributed by atoms with Crippen molar-refractivity contribution in [2.24, 2.45) is 0 Å². The number of ether oxygens (including phenoxy) is 8. The normalized spacial score (nSPS) is 13.1. The van der Waals surface area contributed by atoms with Crippen LogP contribution >= 0.6 is 0 Å². The minimum absolute atomic E-state index is 0.143. The van der Waals surface area contributed by atoms with Gasteiger partial charge in [0.2, 0.25) is 0 Å². The molecule has 2 aliphatic heterocycles. The molecule has 0 spiro atoms. The van der Waals surface area contributed by atoms with Gasteiger partial charge in [0.05, 0.1) is 24.4 Å². The number of esters is 4. The Morgan fingerprint density at radius 3 is 1.35 bits per heavy atom. The number of hydrogen-bond donors (Lipinski definition) is 0. The van der Waals surface area contributed by atoms with Gasteiger partial charge in [-0.25, -0.2) is 19.2 Å². The molecule has 12 heteroatoms. The highest BCUT2D eigenvalue weighted by molar-refractivity contribution is 6.21. The first kappa shape index (κ1) is 32.2. The molecule has 0 fully saturated rings. The molecule has 5 rings (SSSR count). The van der Waals surface area contributed by atoms with E-state index in [9.17, 15) is 19.2 Å². The SMILES string of the molecule is CCOCCOC(=O)COc1ccc(C2=c3cc4c(cc3OC2=O)=C(c2ccc(OCC(=O)OCCOCC)cc2)C(=O)O4)cc1. The lowest BCUT2D eigenvalue weighted by Gasteiger charge is -2.08. The summed E-state index contributed by atoms with van der Waals surface area (Å²) in [7, 11) is 0. The molecule has 12 nitrogen and oxygen atoms in total. The van der Waals surface area contributed by atoms with E-state index in [1.807, 2.05) is 13.8 Å². The quantitative estimate of drug-likeness (QED) is 0.129. The van der Waals surface area contributed by atoms with Gasteiger partial charge in [0.15, 0.2) is 13.2 Å². The van der Waals surface area contributed by atoms with E-state index in [1.165, 1.54) is 0 Å². The van der Waals surface area contributed by atoms with Crippen molar-refractivity contribution in [3.63, 3.8) is 0 Å². The molecule has 0 amide bonds. The number of hydrogen-bond acceptors (Lipinski definition) is 12. The molecule has 0 saturated heterocycles. The van der Waals surface area contributed by atoms with Gasteiger partial charge in [-0.2, -0.15) is 0 Å². The van der Waals surface area contributed by atoms with Crippen LogP contribution in [0, 0.1) is 0 Å². The van der Waals surface area contributed by atoms with E-state index in [4.69, 9.17) is 37.9 Å². The van der Waals surface area contributed by atoms with Crippen molar-refractivity contribution in [3.05, 3.63) is 82.2 Å². The Kier molecular flexibility index (Phi) is 10.6. The van der Waals surface area contributed by atoms with Crippen molar-refractivity contribution in [1.82, 2.24) is 0 Å². The molecular formula is C34H32O12. The number of rotatable bonds is 16. The topological polar surface area (TPSA) is 142 Å². The summed E-state index contributed by atoms with van der Waals surface area (Å²) >= 11 is 0. The third-order valence-corrected chi connectivity index (χ3v) is 6.82. The summed E-state index contributed by atoms with van der Waals surface area (Å²) < 4.78 is 42.4. The molecule has 3 aromatic carbocycles. The number of benzene rings is 3. The van der Waals surface area contributed by atoms with Crippen molar-refractivity contribution in [3.8, 4) is 23.0 Å². The lowest BCUT2D eigenvalue weighted by atomic mass is 10.0. The monoisotopic (exact) mass is 632 g/mol. The number of carbonyl (C=O) groups is 4. The van der Waals surface area contributed by atoms with Gasteiger partial charge in [-0.05, 0) is 61.4 Å². The summed E-state index contributed by atoms with van der Waals surface area (Å²) in [5.74, 6) is -0.780. The molecule has 240 valence electrons. The highest BCUT2D eigenvalue weighted by Crippen LogP contribution is 2.28. The van der Waals surface area contributed by atoms with E-state index < -0.39 is 23.9 Å². The summed E-state index contributed by atoms with van der Waals surface area (Å²) in [6.45, 7) is 5.14. The predicted molar refractivity (Wildman–Crippen MR) is 161 cm³/mol. The molecule has 2 aliphatic rings. The van der Waals surface area contributed by atoms with Gasteiger partial charge in [-0.3, -0.25) is 0 Å². The molecule has 0 unspecified atom stereocenters. The fraction of sp³-hybridized carbons (Fsp3) is 0.294. The zero-order valence-electron chi connectivity index (χ0n) is 25.3. The molecule has 0 bridgehead atoms. The molecule has 0 aliphatic carbocycles. The molecule has 0 atom stereocenters. The summed E-state index contributed by atoms with van der Waals surface area (Å²) in [5, 5.41) is 0.947. The van der Waals surface area contributed by atoms with Gasteiger partial charge >= 0.3 is 23.9 Å². The van der Waals surface area contributed by atoms with Crippen LogP contribution < -0.4 is 29.4 Å². The van der Waals surface area contributed by atoms with Crippen LogP contribution in [0.3, 0.4) is 0 Å². The van der Waals surface area contributed by atoms with Crippen LogP contribution in [0.2, 0.25) is 0 Å². The first-order chi connectivity index (χ1) is 22.4. The first-order valence-corrected chi connectivity index (χ1v) is 14.7. The Morgan fingerprint density at radius 2 is 0.978 bits per heavy atom. The minimum atomic E-state index is -0.559. The van der Waals surface area contributed by atoms with Crippen LogP contribution in [0.1, 0.15) is 25.0 Å². The second kappa shape index (κ2) is 15.2. The van der Waals surface area contributed by atoms with Gasteiger partial charge in [-0.1, -0.05) is 24.3 Å². The molecule has 2 heterocycles. The highest BCUT2D eigenvalue weighted by atomic mass is 16.6. The van der Waals surface area contributed by atoms with E-state index in [-0.39, 0.29) is 37.9 Å². The fourth-order valence-electron chi connectivity index (χ4n) is 4.71. The van der Waals surface area contributed by atoms with E-state index in [0.29, 0.717) is 70.6 Å². The largest absolute Gasteiger partial charge is 0.482 e. The maximum atomic E-state index is 12.9. The highest BCUT2D eigenvalue weighted by Gasteiger charge is 2.30. The van der Waals surface area contributed by atoms with Crippen molar-refractivity contribution >= 4 is 35.0 Å². The Hall–Kier alpha value is -5.20. The smallest absolute Gasteiger partial charge is 0.344 e. The van der Waals surface area contributed by atoms with Gasteiger partial charge < -0.3 is 37.9 Å². The van der Waals surface area contributed by atoms with Gasteiger partial charge in [0.25, 0.3) is 0 Å². The Morgan fingerprint density at radius 1 is 0.587 bits per heavy atom. The van der Waals surface area contributed by atoms with E-state index in [0.717, 1.165) is 0 Å². The summed E-state index contributed by atoms with van der Waals surface area (Å²) in [5.41, 5.74) is 1.69. The molecular weight excluding hydrogens is 600 g/mol. The first-order valence-electron chi connectivity index (χ1n) is 14.7. The molecule has 0 saturated carbocycles. The zero-order chi connectivity index (χ0) is 32.5. The molecule has 46 heavy (non-hydrogen) atoms. The van der Waals surface area contributed by atoms with Gasteiger partial charge in [-0.15, -0.1) is 0 Å². The van der Waals surface area contributed by atoms with Crippen LogP contribution in [0.5, 0.6) is 23.0 Å². The second-order valence-electron chi connectivity index (χ2n) is 9.83. The van der Waals surface area contributed by atoms with Crippen LogP contribution in [0.15, 0.2) is 60.7 Å². The standard InChI is InChI=1S/C34H32O12/c1-3-39-13-15-41-29(35)19-43-23-9-5-21(6-10-23)31-25-17-28-26(18-27(25)45-33(31)37)32(34(38)46-28)22-7-11-24(12-8-22)44-20-30(36)42-16-14-40-4-2/h5-12,17-18H,3-4,13-16,19-20H2,1-2H3. The lowest BCUT2D eigenvalue weighted by Crippen LogP contribution is -2.17. The predicted octanol–water partition coefficient (Wildman–Crippen LogP) is 1.84. The summed E-state index contributed by atoms with van der Waals surface area (Å²) in [6.07, 6.45) is 0. The maximum absolute atomic E-state index is 12.9. The van der Waals surface area contributed by atoms with Crippen molar-refractivity contribution < 1.29 is 57.1 Å². The molecule has 0 radical (unpaired) electrons. The molecule has 3 aromatic rings. The lowest BCUT2D eigenvalue weighted by molar-refractivity contribution is -0.148. The third kappa shape index (κ3) is 7.71. The average Bonchev–Trinajstić information content (AvgIpc) is 3.56. The van der Waals surface area contributed by atoms with Gasteiger partial charge in [0, 0.05) is 23.7 Å². The van der Waals surface area contributed by atoms with E-state index >= 15 is 0 Å². The Bertz CT molecular complexity index is 1600. The van der Waals surface area contributed by atoms with E-state index in [2.05, 4.69) is 0 Å². The summed E-state index contributed by atoms with van der Waals surface area (Å²) in [4.78, 5) is 49.5. The maximum Gasteiger partial charge on any atom is 0.344 e. The number of carbonyl (C=O) groups excluding carboxylic acids is 4. The zero-order valence-corrected chi connectivity index (χ0v) is 25.3. The molecule has 0 N–H and O–H groups in total. The molecule has 0 aromatic heterocycles. The van der Waals surface area contributed by atoms with E-state index in [1.54, 1.807) is 60.7 Å². The Labute approximate surface area is 264 Å². The Balaban J connectivity index is 1.29. The van der Waals surface area contributed by atoms with Crippen molar-refractivity contribution in [1.29, 1.82) is 0 Å². The minimum Gasteiger partial charge on any atom is -0.482 e. The van der Waals surface area contributed by atoms with Crippen molar-refractivity contribution in [2.75, 3.05) is 52.9 Å². The average molecular weight is 633 g/mol. The van der Waals surface area contributed by atoms with Crippen LogP contribution in [-0.2, 0) is 38.1 Å². The summed E-state index contributed by atoms with van der Waals surface area (Å²) in [6, 6.07) is 16.4. The fourth-order valence-corrected chi connectivity index (χ4v) is 4.71. The van der Waals surface area contributed by atoms with Crippen LogP contribution in [0.4, 0.5) is 0 Å². The van der Waals surface area contributed by atoms with Crippen molar-refractivity contribution in [2.45, 2.75) is 13.8 Å². The van der Waals surface area contributed by atoms with Gasteiger partial charge in [0.1, 0.15) is 36.2 Å². The number of fused-ring (bicyclic) bond motifs is 2. The van der Waals surface area contributed by atoms with Crippen LogP contribution in [0.25, 0.3) is 11.1 Å². The third-order valence-electron chi connectivity index (χ3n) is 6.82. The second-order valence-corrected chi connectivity index (χ2v) is 9.83.